The fraction of sp³-hybridized carbons (Fsp3) is 0. The number of hydrazone groups is 1. The normalized spacial score (nSPS) is 11.0. The summed E-state index contributed by atoms with van der Waals surface area (Å²) in [6.45, 7) is 0. The lowest BCUT2D eigenvalue weighted by atomic mass is 10.1. The lowest BCUT2D eigenvalue weighted by Gasteiger charge is -2.02. The number of hydrogen-bond acceptors (Lipinski definition) is 3. The van der Waals surface area contributed by atoms with E-state index in [1.807, 2.05) is 42.6 Å². The van der Waals surface area contributed by atoms with Crippen LogP contribution in [-0.4, -0.2) is 21.9 Å². The van der Waals surface area contributed by atoms with Crippen LogP contribution < -0.4 is 5.43 Å². The van der Waals surface area contributed by atoms with E-state index in [0.717, 1.165) is 11.3 Å². The predicted octanol–water partition coefficient (Wildman–Crippen LogP) is 5.20. The van der Waals surface area contributed by atoms with Gasteiger partial charge in [0.1, 0.15) is 11.5 Å². The molecule has 3 aromatic carbocycles. The third-order valence-corrected chi connectivity index (χ3v) is 5.06. The fourth-order valence-electron chi connectivity index (χ4n) is 2.89. The molecule has 30 heavy (non-hydrogen) atoms. The first kappa shape index (κ1) is 19.7. The Hall–Kier alpha value is -3.58. The van der Waals surface area contributed by atoms with Gasteiger partial charge in [-0.1, -0.05) is 30.3 Å². The highest BCUT2D eigenvalue weighted by atomic mass is 79.9. The smallest absolute Gasteiger partial charge is 0.267 e. The summed E-state index contributed by atoms with van der Waals surface area (Å²) in [6.07, 6.45) is 3.34. The Labute approximate surface area is 181 Å². The van der Waals surface area contributed by atoms with Crippen molar-refractivity contribution in [1.82, 2.24) is 15.2 Å². The lowest BCUT2D eigenvalue weighted by Crippen LogP contribution is -2.18. The zero-order chi connectivity index (χ0) is 20.9. The van der Waals surface area contributed by atoms with Crippen LogP contribution in [0, 0.1) is 5.82 Å². The quantitative estimate of drug-likeness (QED) is 0.327. The second kappa shape index (κ2) is 8.84. The number of hydrogen-bond donors (Lipinski definition) is 1. The van der Waals surface area contributed by atoms with E-state index in [9.17, 15) is 9.18 Å². The maximum atomic E-state index is 13.4. The van der Waals surface area contributed by atoms with Crippen LogP contribution in [0.15, 0.2) is 94.6 Å². The number of para-hydroxylation sites is 1. The van der Waals surface area contributed by atoms with E-state index in [0.29, 0.717) is 21.3 Å². The molecule has 1 amide bonds. The molecule has 0 aliphatic heterocycles. The van der Waals surface area contributed by atoms with E-state index in [4.69, 9.17) is 0 Å². The molecule has 4 aromatic rings. The van der Waals surface area contributed by atoms with Gasteiger partial charge in [0.15, 0.2) is 0 Å². The van der Waals surface area contributed by atoms with Gasteiger partial charge in [0.25, 0.3) is 5.91 Å². The first-order valence-corrected chi connectivity index (χ1v) is 9.90. The van der Waals surface area contributed by atoms with Gasteiger partial charge in [-0.25, -0.2) is 14.5 Å². The van der Waals surface area contributed by atoms with E-state index in [1.165, 1.54) is 18.3 Å². The van der Waals surface area contributed by atoms with Crippen molar-refractivity contribution in [2.45, 2.75) is 0 Å². The highest BCUT2D eigenvalue weighted by molar-refractivity contribution is 9.10. The van der Waals surface area contributed by atoms with Gasteiger partial charge in [0.2, 0.25) is 0 Å². The van der Waals surface area contributed by atoms with Gasteiger partial charge in [-0.05, 0) is 64.5 Å². The summed E-state index contributed by atoms with van der Waals surface area (Å²) in [5.74, 6) is -0.658. The SMILES string of the molecule is O=C(NN=Cc1cn(-c2ccccc2)nc1-c1ccc(F)cc1)c1ccccc1Br. The highest BCUT2D eigenvalue weighted by Crippen LogP contribution is 2.23. The fourth-order valence-corrected chi connectivity index (χ4v) is 3.36. The Kier molecular flexibility index (Phi) is 5.81. The minimum atomic E-state index is -0.336. The van der Waals surface area contributed by atoms with Gasteiger partial charge in [0, 0.05) is 21.8 Å². The van der Waals surface area contributed by atoms with Gasteiger partial charge in [-0.2, -0.15) is 10.2 Å². The zero-order valence-corrected chi connectivity index (χ0v) is 17.3. The summed E-state index contributed by atoms with van der Waals surface area (Å²) >= 11 is 3.35. The van der Waals surface area contributed by atoms with Crippen molar-refractivity contribution in [2.24, 2.45) is 5.10 Å². The molecule has 1 heterocycles. The van der Waals surface area contributed by atoms with Gasteiger partial charge in [-0.3, -0.25) is 4.79 Å². The molecule has 1 aromatic heterocycles. The molecule has 7 heteroatoms. The minimum absolute atomic E-state index is 0.322. The van der Waals surface area contributed by atoms with Crippen LogP contribution in [-0.2, 0) is 0 Å². The average Bonchev–Trinajstić information content (AvgIpc) is 3.19. The largest absolute Gasteiger partial charge is 0.272 e. The molecule has 0 saturated carbocycles. The van der Waals surface area contributed by atoms with Crippen molar-refractivity contribution in [3.8, 4) is 16.9 Å². The minimum Gasteiger partial charge on any atom is -0.267 e. The molecular weight excluding hydrogens is 447 g/mol. The standard InChI is InChI=1S/C23H16BrFN4O/c24-21-9-5-4-8-20(21)23(30)27-26-14-17-15-29(19-6-2-1-3-7-19)28-22(17)16-10-12-18(25)13-11-16/h1-15H,(H,27,30). The molecule has 4 rings (SSSR count). The second-order valence-corrected chi connectivity index (χ2v) is 7.25. The summed E-state index contributed by atoms with van der Waals surface area (Å²) in [5, 5.41) is 8.73. The average molecular weight is 463 g/mol. The molecule has 0 aliphatic carbocycles. The number of benzene rings is 3. The Morgan fingerprint density at radius 3 is 2.43 bits per heavy atom. The molecule has 0 spiro atoms. The molecule has 0 saturated heterocycles. The molecule has 0 atom stereocenters. The van der Waals surface area contributed by atoms with Crippen LogP contribution in [0.25, 0.3) is 16.9 Å². The molecule has 5 nitrogen and oxygen atoms in total. The van der Waals surface area contributed by atoms with Crippen LogP contribution in [0.1, 0.15) is 15.9 Å². The van der Waals surface area contributed by atoms with Gasteiger partial charge in [-0.15, -0.1) is 0 Å². The summed E-state index contributed by atoms with van der Waals surface area (Å²) in [4.78, 5) is 12.4. The third-order valence-electron chi connectivity index (χ3n) is 4.37. The maximum Gasteiger partial charge on any atom is 0.272 e. The second-order valence-electron chi connectivity index (χ2n) is 6.40. The molecule has 0 aliphatic rings. The summed E-state index contributed by atoms with van der Waals surface area (Å²) < 4.78 is 15.8. The van der Waals surface area contributed by atoms with Gasteiger partial charge in [0.05, 0.1) is 17.5 Å². The Morgan fingerprint density at radius 1 is 1.00 bits per heavy atom. The van der Waals surface area contributed by atoms with Crippen LogP contribution in [0.3, 0.4) is 0 Å². The summed E-state index contributed by atoms with van der Waals surface area (Å²) in [7, 11) is 0. The molecule has 148 valence electrons. The summed E-state index contributed by atoms with van der Waals surface area (Å²) in [5.41, 5.74) is 5.92. The molecule has 0 bridgehead atoms. The van der Waals surface area contributed by atoms with Crippen LogP contribution in [0.5, 0.6) is 0 Å². The number of halogens is 2. The Bertz CT molecular complexity index is 1200. The number of rotatable bonds is 5. The van der Waals surface area contributed by atoms with E-state index in [1.54, 1.807) is 35.0 Å². The van der Waals surface area contributed by atoms with E-state index >= 15 is 0 Å². The number of nitrogens with zero attached hydrogens (tertiary/aromatic N) is 3. The number of amides is 1. The number of carbonyl (C=O) groups excluding carboxylic acids is 1. The maximum absolute atomic E-state index is 13.4. The lowest BCUT2D eigenvalue weighted by molar-refractivity contribution is 0.0954. The first-order chi connectivity index (χ1) is 14.6. The molecule has 0 radical (unpaired) electrons. The van der Waals surface area contributed by atoms with Crippen molar-refractivity contribution in [3.05, 3.63) is 106 Å². The predicted molar refractivity (Wildman–Crippen MR) is 118 cm³/mol. The van der Waals surface area contributed by atoms with Crippen LogP contribution in [0.4, 0.5) is 4.39 Å². The van der Waals surface area contributed by atoms with E-state index in [2.05, 4.69) is 31.6 Å². The number of aromatic nitrogens is 2. The van der Waals surface area contributed by atoms with Crippen molar-refractivity contribution < 1.29 is 9.18 Å². The summed E-state index contributed by atoms with van der Waals surface area (Å²) in [6, 6.07) is 22.8. The van der Waals surface area contributed by atoms with Crippen LogP contribution >= 0.6 is 15.9 Å². The molecule has 0 fully saturated rings. The van der Waals surface area contributed by atoms with Crippen LogP contribution in [0.2, 0.25) is 0 Å². The van der Waals surface area contributed by atoms with Crippen molar-refractivity contribution >= 4 is 28.1 Å². The van der Waals surface area contributed by atoms with Crippen molar-refractivity contribution in [2.75, 3.05) is 0 Å². The van der Waals surface area contributed by atoms with Crippen molar-refractivity contribution in [1.29, 1.82) is 0 Å². The monoisotopic (exact) mass is 462 g/mol. The topological polar surface area (TPSA) is 59.3 Å². The molecule has 0 unspecified atom stereocenters. The Morgan fingerprint density at radius 2 is 1.70 bits per heavy atom. The molecule has 1 N–H and O–H groups in total. The van der Waals surface area contributed by atoms with Crippen molar-refractivity contribution in [3.63, 3.8) is 0 Å². The Balaban J connectivity index is 1.65. The van der Waals surface area contributed by atoms with Gasteiger partial charge >= 0.3 is 0 Å². The van der Waals surface area contributed by atoms with Gasteiger partial charge < -0.3 is 0 Å². The number of nitrogens with one attached hydrogen (secondary N) is 1. The molecular formula is C23H16BrFN4O. The zero-order valence-electron chi connectivity index (χ0n) is 15.7. The van der Waals surface area contributed by atoms with E-state index < -0.39 is 0 Å². The first-order valence-electron chi connectivity index (χ1n) is 9.11. The van der Waals surface area contributed by atoms with E-state index in [-0.39, 0.29) is 11.7 Å². The number of carbonyl (C=O) groups is 1. The highest BCUT2D eigenvalue weighted by Gasteiger charge is 2.12. The third kappa shape index (κ3) is 4.36.